The van der Waals surface area contributed by atoms with Crippen LogP contribution in [0, 0.1) is 5.92 Å². The van der Waals surface area contributed by atoms with Gasteiger partial charge in [-0.1, -0.05) is 54.1 Å². The van der Waals surface area contributed by atoms with Gasteiger partial charge in [-0.15, -0.1) is 11.3 Å². The Morgan fingerprint density at radius 1 is 1.11 bits per heavy atom. The van der Waals surface area contributed by atoms with Gasteiger partial charge in [-0.05, 0) is 41.5 Å². The number of carbonyl (C=O) groups is 1. The monoisotopic (exact) mass is 411 g/mol. The molecule has 4 rings (SSSR count). The van der Waals surface area contributed by atoms with Crippen LogP contribution in [0.25, 0.3) is 0 Å². The highest BCUT2D eigenvalue weighted by molar-refractivity contribution is 7.09. The lowest BCUT2D eigenvalue weighted by molar-refractivity contribution is -0.133. The van der Waals surface area contributed by atoms with Crippen molar-refractivity contribution in [2.45, 2.75) is 25.4 Å². The summed E-state index contributed by atoms with van der Waals surface area (Å²) >= 11 is 8.03. The molecule has 28 heavy (non-hydrogen) atoms. The van der Waals surface area contributed by atoms with Crippen LogP contribution in [0.4, 0.5) is 0 Å². The Balaban J connectivity index is 1.55. The number of halogens is 1. The van der Waals surface area contributed by atoms with Gasteiger partial charge < -0.3 is 9.64 Å². The lowest BCUT2D eigenvalue weighted by Crippen LogP contribution is -2.31. The van der Waals surface area contributed by atoms with E-state index in [0.717, 1.165) is 28.3 Å². The van der Waals surface area contributed by atoms with E-state index >= 15 is 0 Å². The summed E-state index contributed by atoms with van der Waals surface area (Å²) in [6, 6.07) is 19.8. The van der Waals surface area contributed by atoms with E-state index in [-0.39, 0.29) is 17.7 Å². The maximum atomic E-state index is 13.4. The molecule has 1 aliphatic carbocycles. The van der Waals surface area contributed by atoms with Crippen LogP contribution in [0.3, 0.4) is 0 Å². The molecule has 0 N–H and O–H groups in total. The maximum absolute atomic E-state index is 13.4. The van der Waals surface area contributed by atoms with Crippen LogP contribution in [0.5, 0.6) is 5.75 Å². The smallest absolute Gasteiger partial charge is 0.226 e. The van der Waals surface area contributed by atoms with Crippen LogP contribution in [0.2, 0.25) is 5.02 Å². The molecule has 1 fully saturated rings. The molecule has 2 aromatic carbocycles. The lowest BCUT2D eigenvalue weighted by atomic mass is 10.1. The molecular formula is C23H22ClNO2S. The second-order valence-electron chi connectivity index (χ2n) is 7.06. The predicted octanol–water partition coefficient (Wildman–Crippen LogP) is 5.74. The van der Waals surface area contributed by atoms with Crippen molar-refractivity contribution >= 4 is 28.8 Å². The summed E-state index contributed by atoms with van der Waals surface area (Å²) in [5.41, 5.74) is 2.10. The van der Waals surface area contributed by atoms with E-state index in [1.165, 1.54) is 4.88 Å². The molecule has 2 atom stereocenters. The number of amides is 1. The Morgan fingerprint density at radius 2 is 1.89 bits per heavy atom. The van der Waals surface area contributed by atoms with Gasteiger partial charge in [0.1, 0.15) is 5.75 Å². The molecule has 0 radical (unpaired) electrons. The van der Waals surface area contributed by atoms with E-state index in [0.29, 0.717) is 13.1 Å². The number of carbonyl (C=O) groups excluding carboxylic acids is 1. The van der Waals surface area contributed by atoms with Crippen molar-refractivity contribution in [3.63, 3.8) is 0 Å². The van der Waals surface area contributed by atoms with Crippen molar-refractivity contribution in [3.05, 3.63) is 87.1 Å². The topological polar surface area (TPSA) is 29.5 Å². The third-order valence-electron chi connectivity index (χ3n) is 5.20. The highest BCUT2D eigenvalue weighted by Gasteiger charge is 2.46. The normalized spacial score (nSPS) is 17.9. The first-order valence-corrected chi connectivity index (χ1v) is 10.6. The third-order valence-corrected chi connectivity index (χ3v) is 6.41. The quantitative estimate of drug-likeness (QED) is 0.496. The molecule has 1 heterocycles. The van der Waals surface area contributed by atoms with Crippen LogP contribution in [0.15, 0.2) is 66.0 Å². The lowest BCUT2D eigenvalue weighted by Gasteiger charge is -2.24. The zero-order valence-corrected chi connectivity index (χ0v) is 17.2. The van der Waals surface area contributed by atoms with E-state index in [2.05, 4.69) is 6.07 Å². The number of para-hydroxylation sites is 1. The fourth-order valence-corrected chi connectivity index (χ4v) is 4.66. The van der Waals surface area contributed by atoms with Crippen molar-refractivity contribution < 1.29 is 9.53 Å². The number of rotatable bonds is 7. The van der Waals surface area contributed by atoms with Crippen LogP contribution in [0.1, 0.15) is 28.3 Å². The standard InChI is InChI=1S/C23H22ClNO2S/c1-27-22-11-5-2-7-16(22)14-25(15-17-8-6-12-28-17)23(26)20-13-19(20)18-9-3-4-10-21(18)24/h2-12,19-20H,13-15H2,1H3. The van der Waals surface area contributed by atoms with Gasteiger partial charge in [0.2, 0.25) is 5.91 Å². The average Bonchev–Trinajstić information content (AvgIpc) is 3.34. The molecule has 144 valence electrons. The first-order chi connectivity index (χ1) is 13.7. The van der Waals surface area contributed by atoms with Crippen molar-refractivity contribution in [1.82, 2.24) is 4.90 Å². The van der Waals surface area contributed by atoms with Gasteiger partial charge in [0.15, 0.2) is 0 Å². The van der Waals surface area contributed by atoms with Crippen LogP contribution in [-0.4, -0.2) is 17.9 Å². The number of thiophene rings is 1. The summed E-state index contributed by atoms with van der Waals surface area (Å²) in [5, 5.41) is 2.79. The van der Waals surface area contributed by atoms with Gasteiger partial charge in [-0.25, -0.2) is 0 Å². The molecule has 3 aromatic rings. The van der Waals surface area contributed by atoms with Crippen molar-refractivity contribution in [1.29, 1.82) is 0 Å². The molecule has 1 saturated carbocycles. The molecule has 0 spiro atoms. The molecule has 2 unspecified atom stereocenters. The Bertz CT molecular complexity index is 957. The van der Waals surface area contributed by atoms with E-state index in [4.69, 9.17) is 16.3 Å². The predicted molar refractivity (Wildman–Crippen MR) is 114 cm³/mol. The first-order valence-electron chi connectivity index (χ1n) is 9.35. The van der Waals surface area contributed by atoms with Gasteiger partial charge in [0.05, 0.1) is 13.7 Å². The van der Waals surface area contributed by atoms with Gasteiger partial charge in [-0.3, -0.25) is 4.79 Å². The van der Waals surface area contributed by atoms with E-state index in [1.807, 2.05) is 64.9 Å². The molecule has 0 aliphatic heterocycles. The summed E-state index contributed by atoms with van der Waals surface area (Å²) in [6.07, 6.45) is 0.857. The zero-order valence-electron chi connectivity index (χ0n) is 15.7. The number of nitrogens with zero attached hydrogens (tertiary/aromatic N) is 1. The molecule has 0 saturated heterocycles. The minimum Gasteiger partial charge on any atom is -0.496 e. The Kier molecular flexibility index (Phi) is 5.69. The Morgan fingerprint density at radius 3 is 2.64 bits per heavy atom. The molecular weight excluding hydrogens is 390 g/mol. The van der Waals surface area contributed by atoms with Crippen LogP contribution >= 0.6 is 22.9 Å². The number of ether oxygens (including phenoxy) is 1. The van der Waals surface area contributed by atoms with Crippen LogP contribution in [-0.2, 0) is 17.9 Å². The molecule has 3 nitrogen and oxygen atoms in total. The van der Waals surface area contributed by atoms with Gasteiger partial charge in [0.25, 0.3) is 0 Å². The highest BCUT2D eigenvalue weighted by Crippen LogP contribution is 2.50. The number of hydrogen-bond acceptors (Lipinski definition) is 3. The SMILES string of the molecule is COc1ccccc1CN(Cc1cccs1)C(=O)C1CC1c1ccccc1Cl. The fourth-order valence-electron chi connectivity index (χ4n) is 3.66. The zero-order chi connectivity index (χ0) is 19.5. The third kappa shape index (κ3) is 4.08. The van der Waals surface area contributed by atoms with E-state index in [9.17, 15) is 4.79 Å². The second-order valence-corrected chi connectivity index (χ2v) is 8.50. The summed E-state index contributed by atoms with van der Waals surface area (Å²) in [5.74, 6) is 1.20. The summed E-state index contributed by atoms with van der Waals surface area (Å²) in [4.78, 5) is 16.5. The van der Waals surface area contributed by atoms with E-state index in [1.54, 1.807) is 18.4 Å². The Hall–Kier alpha value is -2.30. The van der Waals surface area contributed by atoms with Gasteiger partial charge >= 0.3 is 0 Å². The van der Waals surface area contributed by atoms with Crippen molar-refractivity contribution in [2.24, 2.45) is 5.92 Å². The van der Waals surface area contributed by atoms with Crippen molar-refractivity contribution in [3.8, 4) is 5.75 Å². The fraction of sp³-hybridized carbons (Fsp3) is 0.261. The largest absolute Gasteiger partial charge is 0.496 e. The number of methoxy groups -OCH3 is 1. The van der Waals surface area contributed by atoms with Crippen molar-refractivity contribution in [2.75, 3.05) is 7.11 Å². The van der Waals surface area contributed by atoms with Gasteiger partial charge in [0, 0.05) is 27.9 Å². The Labute approximate surface area is 174 Å². The number of hydrogen-bond donors (Lipinski definition) is 0. The molecule has 1 aromatic heterocycles. The highest BCUT2D eigenvalue weighted by atomic mass is 35.5. The van der Waals surface area contributed by atoms with E-state index < -0.39 is 0 Å². The minimum absolute atomic E-state index is 0.00503. The summed E-state index contributed by atoms with van der Waals surface area (Å²) in [6.45, 7) is 1.15. The number of benzene rings is 2. The molecule has 5 heteroatoms. The average molecular weight is 412 g/mol. The minimum atomic E-state index is -0.00503. The second kappa shape index (κ2) is 8.38. The molecule has 1 amide bonds. The van der Waals surface area contributed by atoms with Gasteiger partial charge in [-0.2, -0.15) is 0 Å². The summed E-state index contributed by atoms with van der Waals surface area (Å²) in [7, 11) is 1.67. The maximum Gasteiger partial charge on any atom is 0.226 e. The van der Waals surface area contributed by atoms with Crippen LogP contribution < -0.4 is 4.74 Å². The molecule has 1 aliphatic rings. The first kappa shape index (κ1) is 19.0. The molecule has 0 bridgehead atoms. The summed E-state index contributed by atoms with van der Waals surface area (Å²) < 4.78 is 5.49.